The van der Waals surface area contributed by atoms with Gasteiger partial charge in [-0.05, 0) is 26.3 Å². The zero-order valence-corrected chi connectivity index (χ0v) is 9.66. The fraction of sp³-hybridized carbons (Fsp3) is 0.818. The van der Waals surface area contributed by atoms with Crippen molar-refractivity contribution in [3.8, 4) is 0 Å². The number of carbonyl (C=O) groups is 2. The molecule has 0 radical (unpaired) electrons. The van der Waals surface area contributed by atoms with Gasteiger partial charge in [-0.3, -0.25) is 9.59 Å². The first-order valence-electron chi connectivity index (χ1n) is 5.96. The van der Waals surface area contributed by atoms with Gasteiger partial charge >= 0.3 is 0 Å². The lowest BCUT2D eigenvalue weighted by molar-refractivity contribution is -0.135. The van der Waals surface area contributed by atoms with Crippen molar-refractivity contribution in [2.75, 3.05) is 20.1 Å². The van der Waals surface area contributed by atoms with Crippen molar-refractivity contribution in [1.82, 2.24) is 15.5 Å². The molecular weight excluding hydrogens is 206 g/mol. The van der Waals surface area contributed by atoms with E-state index in [1.54, 1.807) is 0 Å². The second kappa shape index (κ2) is 4.82. The molecule has 0 spiro atoms. The average molecular weight is 225 g/mol. The summed E-state index contributed by atoms with van der Waals surface area (Å²) < 4.78 is 0. The highest BCUT2D eigenvalue weighted by atomic mass is 16.2. The Hall–Kier alpha value is -1.10. The zero-order valence-electron chi connectivity index (χ0n) is 9.66. The Balaban J connectivity index is 1.91. The molecule has 2 N–H and O–H groups in total. The Morgan fingerprint density at radius 3 is 2.94 bits per heavy atom. The maximum absolute atomic E-state index is 12.1. The van der Waals surface area contributed by atoms with Gasteiger partial charge in [-0.25, -0.2) is 0 Å². The summed E-state index contributed by atoms with van der Waals surface area (Å²) in [6, 6.07) is 0.123. The smallest absolute Gasteiger partial charge is 0.245 e. The van der Waals surface area contributed by atoms with E-state index in [-0.39, 0.29) is 17.9 Å². The second-order valence-electron chi connectivity index (χ2n) is 4.57. The molecule has 2 unspecified atom stereocenters. The third-order valence-corrected chi connectivity index (χ3v) is 3.43. The molecule has 2 saturated heterocycles. The van der Waals surface area contributed by atoms with Gasteiger partial charge in [0.05, 0.1) is 0 Å². The molecule has 2 aliphatic rings. The molecule has 0 saturated carbocycles. The fourth-order valence-electron chi connectivity index (χ4n) is 2.43. The highest BCUT2D eigenvalue weighted by Gasteiger charge is 2.32. The molecule has 2 atom stereocenters. The number of amides is 2. The van der Waals surface area contributed by atoms with Crippen LogP contribution < -0.4 is 10.6 Å². The number of rotatable bonds is 2. The molecule has 2 heterocycles. The minimum atomic E-state index is -0.275. The summed E-state index contributed by atoms with van der Waals surface area (Å²) in [4.78, 5) is 25.0. The van der Waals surface area contributed by atoms with Gasteiger partial charge in [0.2, 0.25) is 11.8 Å². The highest BCUT2D eigenvalue weighted by molar-refractivity contribution is 5.90. The Morgan fingerprint density at radius 2 is 2.31 bits per heavy atom. The number of carbonyl (C=O) groups excluding carboxylic acids is 2. The molecule has 5 heteroatoms. The highest BCUT2D eigenvalue weighted by Crippen LogP contribution is 2.15. The van der Waals surface area contributed by atoms with Gasteiger partial charge in [0, 0.05) is 25.6 Å². The topological polar surface area (TPSA) is 61.4 Å². The molecule has 90 valence electrons. The van der Waals surface area contributed by atoms with Crippen molar-refractivity contribution < 1.29 is 9.59 Å². The maximum atomic E-state index is 12.1. The van der Waals surface area contributed by atoms with Crippen molar-refractivity contribution in [2.45, 2.75) is 37.8 Å². The Kier molecular flexibility index (Phi) is 3.43. The van der Waals surface area contributed by atoms with Gasteiger partial charge in [-0.2, -0.15) is 0 Å². The number of hydrogen-bond donors (Lipinski definition) is 2. The van der Waals surface area contributed by atoms with E-state index >= 15 is 0 Å². The largest absolute Gasteiger partial charge is 0.344 e. The summed E-state index contributed by atoms with van der Waals surface area (Å²) in [6.45, 7) is 1.59. The van der Waals surface area contributed by atoms with E-state index in [0.717, 1.165) is 25.9 Å². The van der Waals surface area contributed by atoms with Crippen LogP contribution in [0.4, 0.5) is 0 Å². The predicted octanol–water partition coefficient (Wildman–Crippen LogP) is -0.525. The summed E-state index contributed by atoms with van der Waals surface area (Å²) >= 11 is 0. The van der Waals surface area contributed by atoms with Crippen LogP contribution in [-0.4, -0.2) is 48.9 Å². The van der Waals surface area contributed by atoms with E-state index in [1.807, 2.05) is 11.9 Å². The minimum absolute atomic E-state index is 0.000487. The number of likely N-dealkylation sites (tertiary alicyclic amines) is 1. The van der Waals surface area contributed by atoms with Crippen LogP contribution in [0.25, 0.3) is 0 Å². The lowest BCUT2D eigenvalue weighted by Crippen LogP contribution is -2.52. The molecule has 0 aliphatic carbocycles. The van der Waals surface area contributed by atoms with Crippen LogP contribution in [0, 0.1) is 0 Å². The minimum Gasteiger partial charge on any atom is -0.344 e. The van der Waals surface area contributed by atoms with E-state index in [0.29, 0.717) is 18.9 Å². The number of likely N-dealkylation sites (N-methyl/N-ethyl adjacent to an activating group) is 1. The SMILES string of the molecule is CNC1CCCN(C(=O)C2CCC(=O)N2)C1. The zero-order chi connectivity index (χ0) is 11.5. The van der Waals surface area contributed by atoms with Gasteiger partial charge < -0.3 is 15.5 Å². The van der Waals surface area contributed by atoms with Crippen LogP contribution in [0.2, 0.25) is 0 Å². The molecule has 5 nitrogen and oxygen atoms in total. The average Bonchev–Trinajstić information content (AvgIpc) is 2.75. The first-order valence-corrected chi connectivity index (χ1v) is 5.96. The molecule has 2 fully saturated rings. The summed E-state index contributed by atoms with van der Waals surface area (Å²) in [5.74, 6) is 0.0892. The summed E-state index contributed by atoms with van der Waals surface area (Å²) in [5.41, 5.74) is 0. The molecule has 0 aromatic carbocycles. The van der Waals surface area contributed by atoms with Crippen molar-refractivity contribution in [1.29, 1.82) is 0 Å². The first kappa shape index (κ1) is 11.4. The van der Waals surface area contributed by atoms with Gasteiger partial charge in [0.1, 0.15) is 6.04 Å². The normalized spacial score (nSPS) is 30.3. The van der Waals surface area contributed by atoms with Crippen molar-refractivity contribution in [2.24, 2.45) is 0 Å². The van der Waals surface area contributed by atoms with E-state index in [1.165, 1.54) is 0 Å². The van der Waals surface area contributed by atoms with Gasteiger partial charge in [-0.15, -0.1) is 0 Å². The maximum Gasteiger partial charge on any atom is 0.245 e. The van der Waals surface area contributed by atoms with Crippen LogP contribution in [0.1, 0.15) is 25.7 Å². The van der Waals surface area contributed by atoms with Crippen molar-refractivity contribution in [3.63, 3.8) is 0 Å². The number of hydrogen-bond acceptors (Lipinski definition) is 3. The second-order valence-corrected chi connectivity index (χ2v) is 4.57. The standard InChI is InChI=1S/C11H19N3O2/c1-12-8-3-2-6-14(7-8)11(16)9-4-5-10(15)13-9/h8-9,12H,2-7H2,1H3,(H,13,15). The lowest BCUT2D eigenvalue weighted by Gasteiger charge is -2.34. The van der Waals surface area contributed by atoms with Crippen LogP contribution in [0.3, 0.4) is 0 Å². The molecule has 16 heavy (non-hydrogen) atoms. The van der Waals surface area contributed by atoms with E-state index in [9.17, 15) is 9.59 Å². The first-order chi connectivity index (χ1) is 7.70. The van der Waals surface area contributed by atoms with Crippen molar-refractivity contribution in [3.05, 3.63) is 0 Å². The molecule has 0 aromatic rings. The monoisotopic (exact) mass is 225 g/mol. The molecular formula is C11H19N3O2. The molecule has 0 bridgehead atoms. The molecule has 0 aromatic heterocycles. The van der Waals surface area contributed by atoms with Crippen molar-refractivity contribution >= 4 is 11.8 Å². The van der Waals surface area contributed by atoms with Gasteiger partial charge in [0.25, 0.3) is 0 Å². The van der Waals surface area contributed by atoms with Crippen LogP contribution >= 0.6 is 0 Å². The summed E-state index contributed by atoms with van der Waals surface area (Å²) in [5, 5.41) is 5.94. The molecule has 2 rings (SSSR count). The van der Waals surface area contributed by atoms with E-state index in [2.05, 4.69) is 10.6 Å². The molecule has 2 amide bonds. The fourth-order valence-corrected chi connectivity index (χ4v) is 2.43. The summed E-state index contributed by atoms with van der Waals surface area (Å²) in [6.07, 6.45) is 3.30. The van der Waals surface area contributed by atoms with Crippen LogP contribution in [0.15, 0.2) is 0 Å². The Bertz CT molecular complexity index is 293. The van der Waals surface area contributed by atoms with Gasteiger partial charge in [0.15, 0.2) is 0 Å². The number of nitrogens with zero attached hydrogens (tertiary/aromatic N) is 1. The number of nitrogens with one attached hydrogen (secondary N) is 2. The number of piperidine rings is 1. The predicted molar refractivity (Wildman–Crippen MR) is 59.8 cm³/mol. The van der Waals surface area contributed by atoms with Crippen LogP contribution in [-0.2, 0) is 9.59 Å². The Morgan fingerprint density at radius 1 is 1.50 bits per heavy atom. The van der Waals surface area contributed by atoms with Crippen LogP contribution in [0.5, 0.6) is 0 Å². The van der Waals surface area contributed by atoms with Gasteiger partial charge in [-0.1, -0.05) is 0 Å². The van der Waals surface area contributed by atoms with E-state index < -0.39 is 0 Å². The summed E-state index contributed by atoms with van der Waals surface area (Å²) in [7, 11) is 1.93. The lowest BCUT2D eigenvalue weighted by atomic mass is 10.0. The third-order valence-electron chi connectivity index (χ3n) is 3.43. The Labute approximate surface area is 95.6 Å². The quantitative estimate of drug-likeness (QED) is 0.664. The molecule has 2 aliphatic heterocycles. The third kappa shape index (κ3) is 2.35. The van der Waals surface area contributed by atoms with E-state index in [4.69, 9.17) is 0 Å².